The third kappa shape index (κ3) is 5.77. The molecule has 30 heavy (non-hydrogen) atoms. The molecular weight excluding hydrogens is 530 g/mol. The molecule has 0 aliphatic carbocycles. The molecule has 0 aliphatic heterocycles. The van der Waals surface area contributed by atoms with Gasteiger partial charge in [0.05, 0.1) is 0 Å². The van der Waals surface area contributed by atoms with Crippen LogP contribution in [0.5, 0.6) is 0 Å². The van der Waals surface area contributed by atoms with Crippen molar-refractivity contribution in [1.29, 1.82) is 0 Å². The fourth-order valence-corrected chi connectivity index (χ4v) is 3.69. The molecule has 1 N–H and O–H groups in total. The van der Waals surface area contributed by atoms with Gasteiger partial charge >= 0.3 is 180 Å². The first-order valence-corrected chi connectivity index (χ1v) is 11.9. The Hall–Kier alpha value is -1.56. The molecule has 2 rings (SSSR count). The topological polar surface area (TPSA) is 23.5 Å². The van der Waals surface area contributed by atoms with Crippen molar-refractivity contribution in [2.45, 2.75) is 35.6 Å². The number of nitrogens with zero attached hydrogens (tertiary/aromatic N) is 1. The molecule has 2 aromatic carbocycles. The zero-order chi connectivity index (χ0) is 22.7. The van der Waals surface area contributed by atoms with Gasteiger partial charge < -0.3 is 0 Å². The number of anilines is 1. The van der Waals surface area contributed by atoms with Crippen LogP contribution in [-0.2, 0) is 12.5 Å². The molecule has 0 bridgehead atoms. The molecule has 10 heteroatoms. The van der Waals surface area contributed by atoms with Gasteiger partial charge in [0.15, 0.2) is 0 Å². The van der Waals surface area contributed by atoms with Crippen LogP contribution in [0.2, 0.25) is 0 Å². The van der Waals surface area contributed by atoms with Crippen LogP contribution < -0.4 is 26.1 Å². The van der Waals surface area contributed by atoms with Crippen molar-refractivity contribution in [3.63, 3.8) is 0 Å². The van der Waals surface area contributed by atoms with Crippen molar-refractivity contribution in [2.24, 2.45) is 0 Å². The SMILES string of the molecule is C[I-]C(F)(F)[C@H](O)CN(Cc1cccc(C(F)(F)C(F)(F)F)c1)c1cccc(C)c1. The fraction of sp³-hybridized carbons (Fsp3) is 0.400. The molecule has 0 spiro atoms. The Bertz CT molecular complexity index is 857. The average Bonchev–Trinajstić information content (AvgIpc) is 2.66. The van der Waals surface area contributed by atoms with Gasteiger partial charge in [-0.2, -0.15) is 0 Å². The summed E-state index contributed by atoms with van der Waals surface area (Å²) >= 11 is -1.62. The van der Waals surface area contributed by atoms with E-state index in [-0.39, 0.29) is 12.1 Å². The normalized spacial score (nSPS) is 14.1. The molecule has 2 nitrogen and oxygen atoms in total. The van der Waals surface area contributed by atoms with E-state index in [2.05, 4.69) is 0 Å². The van der Waals surface area contributed by atoms with E-state index >= 15 is 0 Å². The van der Waals surface area contributed by atoms with Gasteiger partial charge in [0.25, 0.3) is 0 Å². The zero-order valence-electron chi connectivity index (χ0n) is 16.0. The van der Waals surface area contributed by atoms with Crippen LogP contribution in [0.4, 0.5) is 36.4 Å². The molecule has 2 aromatic rings. The zero-order valence-corrected chi connectivity index (χ0v) is 18.2. The van der Waals surface area contributed by atoms with E-state index in [1.54, 1.807) is 31.2 Å². The minimum atomic E-state index is -5.76. The summed E-state index contributed by atoms with van der Waals surface area (Å²) in [5.74, 6) is -5.05. The van der Waals surface area contributed by atoms with Crippen molar-refractivity contribution in [1.82, 2.24) is 0 Å². The summed E-state index contributed by atoms with van der Waals surface area (Å²) in [6.07, 6.45) is -7.76. The first kappa shape index (κ1) is 24.7. The molecular formula is C20H20F7INO-. The Morgan fingerprint density at radius 3 is 2.17 bits per heavy atom. The molecule has 0 radical (unpaired) electrons. The minimum absolute atomic E-state index is 0.0691. The van der Waals surface area contributed by atoms with Crippen LogP contribution in [0, 0.1) is 6.92 Å². The average molecular weight is 550 g/mol. The van der Waals surface area contributed by atoms with E-state index in [0.29, 0.717) is 17.8 Å². The van der Waals surface area contributed by atoms with E-state index in [1.807, 2.05) is 0 Å². The number of aliphatic hydroxyl groups is 1. The maximum absolute atomic E-state index is 13.9. The summed E-state index contributed by atoms with van der Waals surface area (Å²) in [6.45, 7) is 1.01. The number of aryl methyl sites for hydroxylation is 1. The number of aliphatic hydroxyl groups excluding tert-OH is 1. The number of hydrogen-bond donors (Lipinski definition) is 1. The van der Waals surface area contributed by atoms with E-state index in [0.717, 1.165) is 11.6 Å². The van der Waals surface area contributed by atoms with Crippen LogP contribution in [0.1, 0.15) is 16.7 Å². The third-order valence-electron chi connectivity index (χ3n) is 4.41. The standard InChI is InChI=1S/C20H20F7INO/c1-13-5-3-8-16(9-13)29(12-17(30)19(23,24)28-2)11-14-6-4-7-15(10-14)18(21,22)20(25,26)27/h3-10,17,30H,11-12H2,1-2H3/q-1/t17-/m1/s1. The van der Waals surface area contributed by atoms with Gasteiger partial charge in [0.1, 0.15) is 0 Å². The number of hydrogen-bond acceptors (Lipinski definition) is 2. The van der Waals surface area contributed by atoms with Gasteiger partial charge in [-0.05, 0) is 0 Å². The van der Waals surface area contributed by atoms with Crippen molar-refractivity contribution in [2.75, 3.05) is 16.4 Å². The second-order valence-electron chi connectivity index (χ2n) is 6.74. The Labute approximate surface area is 180 Å². The van der Waals surface area contributed by atoms with Crippen LogP contribution in [0.3, 0.4) is 0 Å². The van der Waals surface area contributed by atoms with E-state index < -0.39 is 55.4 Å². The number of alkyl halides is 9. The van der Waals surface area contributed by atoms with Gasteiger partial charge in [0, 0.05) is 0 Å². The van der Waals surface area contributed by atoms with Crippen molar-refractivity contribution >= 4 is 5.69 Å². The van der Waals surface area contributed by atoms with Crippen molar-refractivity contribution < 1.29 is 57.0 Å². The summed E-state index contributed by atoms with van der Waals surface area (Å²) in [4.78, 5) is 2.66. The van der Waals surface area contributed by atoms with E-state index in [9.17, 15) is 35.8 Å². The summed E-state index contributed by atoms with van der Waals surface area (Å²) < 4.78 is 90.1. The molecule has 0 saturated carbocycles. The summed E-state index contributed by atoms with van der Waals surface area (Å²) in [7, 11) is 0. The fourth-order valence-electron chi connectivity index (χ4n) is 2.77. The van der Waals surface area contributed by atoms with Gasteiger partial charge in [-0.3, -0.25) is 0 Å². The van der Waals surface area contributed by atoms with Gasteiger partial charge in [0.2, 0.25) is 0 Å². The van der Waals surface area contributed by atoms with Gasteiger partial charge in [-0.15, -0.1) is 0 Å². The second-order valence-corrected chi connectivity index (χ2v) is 9.26. The monoisotopic (exact) mass is 550 g/mol. The van der Waals surface area contributed by atoms with Crippen LogP contribution in [-0.4, -0.2) is 32.8 Å². The predicted octanol–water partition coefficient (Wildman–Crippen LogP) is 2.33. The first-order valence-electron chi connectivity index (χ1n) is 8.70. The Morgan fingerprint density at radius 1 is 0.967 bits per heavy atom. The molecule has 0 heterocycles. The van der Waals surface area contributed by atoms with Gasteiger partial charge in [-0.25, -0.2) is 0 Å². The third-order valence-corrected chi connectivity index (χ3v) is 6.57. The molecule has 0 aliphatic rings. The number of rotatable bonds is 8. The maximum atomic E-state index is 13.9. The summed E-state index contributed by atoms with van der Waals surface area (Å²) in [5, 5.41) is 10.0. The van der Waals surface area contributed by atoms with Gasteiger partial charge in [-0.1, -0.05) is 0 Å². The summed E-state index contributed by atoms with van der Waals surface area (Å²) in [6, 6.07) is 10.4. The first-order chi connectivity index (χ1) is 13.8. The quantitative estimate of drug-likeness (QED) is 0.310. The van der Waals surface area contributed by atoms with Crippen LogP contribution >= 0.6 is 0 Å². The van der Waals surface area contributed by atoms with Crippen LogP contribution in [0.15, 0.2) is 48.5 Å². The van der Waals surface area contributed by atoms with E-state index in [1.165, 1.54) is 15.9 Å². The van der Waals surface area contributed by atoms with Crippen LogP contribution in [0.25, 0.3) is 0 Å². The molecule has 0 aromatic heterocycles. The Kier molecular flexibility index (Phi) is 7.65. The second kappa shape index (κ2) is 9.29. The predicted molar refractivity (Wildman–Crippen MR) is 95.5 cm³/mol. The molecule has 0 unspecified atom stereocenters. The number of benzene rings is 2. The molecule has 0 fully saturated rings. The Balaban J connectivity index is 2.38. The Morgan fingerprint density at radius 2 is 1.60 bits per heavy atom. The number of halogens is 8. The van der Waals surface area contributed by atoms with E-state index in [4.69, 9.17) is 0 Å². The van der Waals surface area contributed by atoms with Crippen molar-refractivity contribution in [3.8, 4) is 0 Å². The summed E-state index contributed by atoms with van der Waals surface area (Å²) in [5.41, 5.74) is 0.0628. The molecule has 168 valence electrons. The molecule has 0 amide bonds. The molecule has 0 saturated heterocycles. The molecule has 1 atom stereocenters. The van der Waals surface area contributed by atoms with Crippen molar-refractivity contribution in [3.05, 3.63) is 65.2 Å².